The topological polar surface area (TPSA) is 113 Å². The molecular formula is C27H33N3O6S2. The van der Waals surface area contributed by atoms with Crippen molar-refractivity contribution in [1.29, 1.82) is 0 Å². The summed E-state index contributed by atoms with van der Waals surface area (Å²) in [7, 11) is -4.96. The van der Waals surface area contributed by atoms with Crippen molar-refractivity contribution in [2.24, 2.45) is 0 Å². The summed E-state index contributed by atoms with van der Waals surface area (Å²) in [5.41, 5.74) is 2.29. The molecule has 11 heteroatoms. The van der Waals surface area contributed by atoms with E-state index in [-0.39, 0.29) is 22.0 Å². The lowest BCUT2D eigenvalue weighted by molar-refractivity contribution is -0.116. The highest BCUT2D eigenvalue weighted by Gasteiger charge is 2.28. The third-order valence-corrected chi connectivity index (χ3v) is 9.47. The predicted octanol–water partition coefficient (Wildman–Crippen LogP) is 3.78. The van der Waals surface area contributed by atoms with Crippen LogP contribution in [0.25, 0.3) is 0 Å². The standard InChI is InChI=1S/C27H33N3O6S2/c1-6-36-26-15-14-23(16-21(26)3)38(34,35)30(18-22-10-8-7-9-11-22)19-27(31)28-25-17-24(13-12-20(25)2)37(32,33)29(4)5/h7-17H,6,18-19H2,1-5H3,(H,28,31). The molecule has 1 N–H and O–H groups in total. The van der Waals surface area contributed by atoms with E-state index in [4.69, 9.17) is 4.74 Å². The minimum atomic E-state index is -4.08. The van der Waals surface area contributed by atoms with Gasteiger partial charge in [-0.25, -0.2) is 21.1 Å². The molecule has 0 fully saturated rings. The van der Waals surface area contributed by atoms with Crippen molar-refractivity contribution in [3.8, 4) is 5.75 Å². The van der Waals surface area contributed by atoms with Gasteiger partial charge >= 0.3 is 0 Å². The van der Waals surface area contributed by atoms with Gasteiger partial charge in [0.25, 0.3) is 0 Å². The average Bonchev–Trinajstić information content (AvgIpc) is 2.86. The smallest absolute Gasteiger partial charge is 0.243 e. The van der Waals surface area contributed by atoms with E-state index in [0.717, 1.165) is 8.61 Å². The molecule has 38 heavy (non-hydrogen) atoms. The lowest BCUT2D eigenvalue weighted by Crippen LogP contribution is -2.37. The number of rotatable bonds is 11. The van der Waals surface area contributed by atoms with Crippen molar-refractivity contribution < 1.29 is 26.4 Å². The van der Waals surface area contributed by atoms with Gasteiger partial charge in [0.05, 0.1) is 22.9 Å². The van der Waals surface area contributed by atoms with Gasteiger partial charge < -0.3 is 10.1 Å². The van der Waals surface area contributed by atoms with Gasteiger partial charge in [-0.3, -0.25) is 4.79 Å². The van der Waals surface area contributed by atoms with Crippen LogP contribution in [0, 0.1) is 13.8 Å². The molecule has 0 heterocycles. The second-order valence-corrected chi connectivity index (χ2v) is 13.0. The third kappa shape index (κ3) is 6.79. The molecule has 0 unspecified atom stereocenters. The van der Waals surface area contributed by atoms with Crippen molar-refractivity contribution in [3.05, 3.63) is 83.4 Å². The molecule has 0 aliphatic rings. The molecule has 0 bridgehead atoms. The van der Waals surface area contributed by atoms with Crippen molar-refractivity contribution >= 4 is 31.6 Å². The molecule has 0 saturated carbocycles. The van der Waals surface area contributed by atoms with Crippen molar-refractivity contribution in [1.82, 2.24) is 8.61 Å². The molecule has 0 spiro atoms. The van der Waals surface area contributed by atoms with Gasteiger partial charge in [0.15, 0.2) is 0 Å². The van der Waals surface area contributed by atoms with Crippen LogP contribution in [0.4, 0.5) is 5.69 Å². The molecule has 204 valence electrons. The lowest BCUT2D eigenvalue weighted by atomic mass is 10.2. The number of benzene rings is 3. The highest BCUT2D eigenvalue weighted by molar-refractivity contribution is 7.89. The fourth-order valence-electron chi connectivity index (χ4n) is 3.72. The monoisotopic (exact) mass is 559 g/mol. The molecule has 0 aliphatic carbocycles. The number of nitrogens with one attached hydrogen (secondary N) is 1. The van der Waals surface area contributed by atoms with Crippen LogP contribution >= 0.6 is 0 Å². The maximum Gasteiger partial charge on any atom is 0.243 e. The van der Waals surface area contributed by atoms with E-state index >= 15 is 0 Å². The van der Waals surface area contributed by atoms with E-state index < -0.39 is 32.5 Å². The van der Waals surface area contributed by atoms with Crippen LogP contribution in [0.3, 0.4) is 0 Å². The first kappa shape index (κ1) is 29.3. The first-order valence-electron chi connectivity index (χ1n) is 12.0. The molecule has 0 atom stereocenters. The summed E-state index contributed by atoms with van der Waals surface area (Å²) in [6, 6.07) is 18.0. The van der Waals surface area contributed by atoms with E-state index in [1.165, 1.54) is 38.4 Å². The van der Waals surface area contributed by atoms with E-state index in [0.29, 0.717) is 29.0 Å². The summed E-state index contributed by atoms with van der Waals surface area (Å²) in [4.78, 5) is 13.2. The summed E-state index contributed by atoms with van der Waals surface area (Å²) in [6.45, 7) is 5.27. The molecule has 0 aromatic heterocycles. The van der Waals surface area contributed by atoms with E-state index in [9.17, 15) is 21.6 Å². The van der Waals surface area contributed by atoms with Gasteiger partial charge in [-0.1, -0.05) is 36.4 Å². The van der Waals surface area contributed by atoms with Gasteiger partial charge in [-0.15, -0.1) is 0 Å². The largest absolute Gasteiger partial charge is 0.494 e. The van der Waals surface area contributed by atoms with Crippen LogP contribution in [0.1, 0.15) is 23.6 Å². The van der Waals surface area contributed by atoms with Crippen LogP contribution in [0.2, 0.25) is 0 Å². The fourth-order valence-corrected chi connectivity index (χ4v) is 6.12. The van der Waals surface area contributed by atoms with Gasteiger partial charge in [0.2, 0.25) is 26.0 Å². The molecule has 3 aromatic rings. The van der Waals surface area contributed by atoms with Crippen LogP contribution in [-0.2, 0) is 31.4 Å². The number of carbonyl (C=O) groups excluding carboxylic acids is 1. The maximum absolute atomic E-state index is 13.7. The molecule has 3 aromatic carbocycles. The Kier molecular flexibility index (Phi) is 9.31. The van der Waals surface area contributed by atoms with E-state index in [2.05, 4.69) is 5.32 Å². The Labute approximate surface area is 225 Å². The summed E-state index contributed by atoms with van der Waals surface area (Å²) in [5.74, 6) is -0.0171. The molecule has 1 amide bonds. The number of hydrogen-bond donors (Lipinski definition) is 1. The second-order valence-electron chi connectivity index (χ2n) is 8.93. The third-order valence-electron chi connectivity index (χ3n) is 5.87. The van der Waals surface area contributed by atoms with E-state index in [1.807, 2.05) is 13.0 Å². The number of amides is 1. The van der Waals surface area contributed by atoms with Crippen LogP contribution in [-0.4, -0.2) is 58.6 Å². The Balaban J connectivity index is 1.93. The Hall–Kier alpha value is -3.25. The maximum atomic E-state index is 13.7. The van der Waals surface area contributed by atoms with E-state index in [1.54, 1.807) is 50.2 Å². The summed E-state index contributed by atoms with van der Waals surface area (Å²) < 4.78 is 60.2. The average molecular weight is 560 g/mol. The van der Waals surface area contributed by atoms with Crippen molar-refractivity contribution in [2.45, 2.75) is 37.1 Å². The minimum Gasteiger partial charge on any atom is -0.494 e. The molecule has 0 saturated heterocycles. The lowest BCUT2D eigenvalue weighted by Gasteiger charge is -2.23. The summed E-state index contributed by atoms with van der Waals surface area (Å²) >= 11 is 0. The zero-order valence-electron chi connectivity index (χ0n) is 22.1. The number of sulfonamides is 2. The molecule has 9 nitrogen and oxygen atoms in total. The highest BCUT2D eigenvalue weighted by atomic mass is 32.2. The normalized spacial score (nSPS) is 12.1. The van der Waals surface area contributed by atoms with Crippen LogP contribution < -0.4 is 10.1 Å². The number of nitrogens with zero attached hydrogens (tertiary/aromatic N) is 2. The predicted molar refractivity (Wildman–Crippen MR) is 147 cm³/mol. The molecule has 3 rings (SSSR count). The zero-order chi connectivity index (χ0) is 28.1. The molecular weight excluding hydrogens is 526 g/mol. The van der Waals surface area contributed by atoms with Gasteiger partial charge in [-0.05, 0) is 67.8 Å². The number of aryl methyl sites for hydroxylation is 2. The van der Waals surface area contributed by atoms with Crippen molar-refractivity contribution in [2.75, 3.05) is 32.6 Å². The zero-order valence-corrected chi connectivity index (χ0v) is 23.8. The minimum absolute atomic E-state index is 0.0158. The van der Waals surface area contributed by atoms with Gasteiger partial charge in [0, 0.05) is 26.3 Å². The van der Waals surface area contributed by atoms with Gasteiger partial charge in [0.1, 0.15) is 5.75 Å². The van der Waals surface area contributed by atoms with Crippen LogP contribution in [0.15, 0.2) is 76.5 Å². The Morgan fingerprint density at radius 2 is 1.47 bits per heavy atom. The fraction of sp³-hybridized carbons (Fsp3) is 0.296. The summed E-state index contributed by atoms with van der Waals surface area (Å²) in [6.07, 6.45) is 0. The first-order chi connectivity index (χ1) is 17.9. The van der Waals surface area contributed by atoms with Crippen molar-refractivity contribution in [3.63, 3.8) is 0 Å². The Morgan fingerprint density at radius 1 is 0.842 bits per heavy atom. The van der Waals surface area contributed by atoms with Gasteiger partial charge in [-0.2, -0.15) is 4.31 Å². The number of anilines is 1. The summed E-state index contributed by atoms with van der Waals surface area (Å²) in [5, 5.41) is 2.69. The number of ether oxygens (including phenoxy) is 1. The van der Waals surface area contributed by atoms with Crippen LogP contribution in [0.5, 0.6) is 5.75 Å². The quantitative estimate of drug-likeness (QED) is 0.383. The molecule has 0 radical (unpaired) electrons. The highest BCUT2D eigenvalue weighted by Crippen LogP contribution is 2.26. The SMILES string of the molecule is CCOc1ccc(S(=O)(=O)N(CC(=O)Nc2cc(S(=O)(=O)N(C)C)ccc2C)Cc2ccccc2)cc1C. The second kappa shape index (κ2) is 12.1. The Morgan fingerprint density at radius 3 is 2.08 bits per heavy atom. The number of hydrogen-bond acceptors (Lipinski definition) is 6. The Bertz CT molecular complexity index is 1510. The molecule has 0 aliphatic heterocycles. The first-order valence-corrected chi connectivity index (χ1v) is 14.8. The number of carbonyl (C=O) groups is 1.